The first-order chi connectivity index (χ1) is 7.53. The van der Waals surface area contributed by atoms with Gasteiger partial charge in [0.1, 0.15) is 12.2 Å². The summed E-state index contributed by atoms with van der Waals surface area (Å²) in [4.78, 5) is 4.09. The number of nitrogens with zero attached hydrogens (tertiary/aromatic N) is 3. The second-order valence-corrected chi connectivity index (χ2v) is 6.30. The molecule has 1 saturated heterocycles. The van der Waals surface area contributed by atoms with Gasteiger partial charge in [-0.2, -0.15) is 5.10 Å². The van der Waals surface area contributed by atoms with E-state index in [1.54, 1.807) is 4.68 Å². The normalized spacial score (nSPS) is 25.4. The summed E-state index contributed by atoms with van der Waals surface area (Å²) in [5.74, 6) is 0.882. The van der Waals surface area contributed by atoms with Gasteiger partial charge < -0.3 is 5.41 Å². The maximum atomic E-state index is 11.4. The van der Waals surface area contributed by atoms with E-state index in [0.717, 1.165) is 0 Å². The molecule has 1 aliphatic heterocycles. The van der Waals surface area contributed by atoms with Crippen LogP contribution in [0.1, 0.15) is 31.1 Å². The van der Waals surface area contributed by atoms with Crippen LogP contribution in [0.4, 0.5) is 0 Å². The molecule has 2 rings (SSSR count). The van der Waals surface area contributed by atoms with Crippen molar-refractivity contribution in [2.24, 2.45) is 0 Å². The van der Waals surface area contributed by atoms with Crippen molar-refractivity contribution in [3.8, 4) is 0 Å². The largest absolute Gasteiger partial charge is 0.312 e. The van der Waals surface area contributed by atoms with Crippen LogP contribution in [0.15, 0.2) is 6.33 Å². The Morgan fingerprint density at radius 2 is 2.44 bits per heavy atom. The molecule has 1 aliphatic rings. The molecule has 0 spiro atoms. The summed E-state index contributed by atoms with van der Waals surface area (Å²) in [7, 11) is -2.92. The quantitative estimate of drug-likeness (QED) is 0.776. The van der Waals surface area contributed by atoms with E-state index in [4.69, 9.17) is 5.41 Å². The Kier molecular flexibility index (Phi) is 2.79. The molecule has 0 amide bonds. The number of aromatic nitrogens is 3. The lowest BCUT2D eigenvalue weighted by molar-refractivity contribution is 0.475. The van der Waals surface area contributed by atoms with E-state index in [-0.39, 0.29) is 23.5 Å². The van der Waals surface area contributed by atoms with Crippen molar-refractivity contribution in [3.05, 3.63) is 12.2 Å². The lowest BCUT2D eigenvalue weighted by Gasteiger charge is -2.13. The molecule has 0 saturated carbocycles. The molecule has 1 aromatic rings. The zero-order valence-electron chi connectivity index (χ0n) is 9.00. The van der Waals surface area contributed by atoms with E-state index in [0.29, 0.717) is 12.2 Å². The number of hydrogen-bond donors (Lipinski definition) is 1. The van der Waals surface area contributed by atoms with Crippen molar-refractivity contribution in [2.75, 3.05) is 11.5 Å². The van der Waals surface area contributed by atoms with Gasteiger partial charge in [-0.3, -0.25) is 0 Å². The maximum absolute atomic E-state index is 11.4. The highest BCUT2D eigenvalue weighted by molar-refractivity contribution is 7.91. The molecular weight excluding hydrogens is 228 g/mol. The zero-order valence-corrected chi connectivity index (χ0v) is 9.81. The van der Waals surface area contributed by atoms with Gasteiger partial charge in [-0.1, -0.05) is 6.92 Å². The highest BCUT2D eigenvalue weighted by Gasteiger charge is 2.31. The van der Waals surface area contributed by atoms with E-state index in [1.807, 2.05) is 6.92 Å². The Balaban J connectivity index is 2.28. The fourth-order valence-corrected chi connectivity index (χ4v) is 3.60. The third-order valence-corrected chi connectivity index (χ3v) is 4.56. The molecule has 2 unspecified atom stereocenters. The Labute approximate surface area is 94.1 Å². The summed E-state index contributed by atoms with van der Waals surface area (Å²) in [6.07, 6.45) is 3.29. The lowest BCUT2D eigenvalue weighted by atomic mass is 10.1. The van der Waals surface area contributed by atoms with Crippen LogP contribution in [0.25, 0.3) is 0 Å². The molecule has 0 bridgehead atoms. The summed E-state index contributed by atoms with van der Waals surface area (Å²) >= 11 is 0. The Morgan fingerprint density at radius 3 is 3.00 bits per heavy atom. The first-order valence-electron chi connectivity index (χ1n) is 5.14. The van der Waals surface area contributed by atoms with Gasteiger partial charge in [0.25, 0.3) is 0 Å². The molecular formula is C9H14N4O2S. The second-order valence-electron chi connectivity index (χ2n) is 4.08. The fraction of sp³-hybridized carbons (Fsp3) is 0.667. The Morgan fingerprint density at radius 1 is 1.69 bits per heavy atom. The van der Waals surface area contributed by atoms with Crippen LogP contribution in [-0.4, -0.2) is 40.9 Å². The van der Waals surface area contributed by atoms with Crippen molar-refractivity contribution in [2.45, 2.75) is 25.3 Å². The third kappa shape index (κ3) is 1.99. The minimum absolute atomic E-state index is 0.120. The number of rotatable bonds is 3. The fourth-order valence-electron chi connectivity index (χ4n) is 1.91. The predicted octanol–water partition coefficient (Wildman–Crippen LogP) is 0.391. The van der Waals surface area contributed by atoms with Crippen LogP contribution in [0.5, 0.6) is 0 Å². The summed E-state index contributed by atoms with van der Waals surface area (Å²) in [5, 5.41) is 11.3. The average Bonchev–Trinajstić information content (AvgIpc) is 2.82. The topological polar surface area (TPSA) is 88.7 Å². The molecule has 0 aromatic carbocycles. The van der Waals surface area contributed by atoms with E-state index in [1.165, 1.54) is 12.5 Å². The van der Waals surface area contributed by atoms with E-state index >= 15 is 0 Å². The molecule has 0 aliphatic carbocycles. The zero-order chi connectivity index (χ0) is 11.8. The van der Waals surface area contributed by atoms with E-state index < -0.39 is 9.84 Å². The van der Waals surface area contributed by atoms with Gasteiger partial charge in [0.2, 0.25) is 0 Å². The SMILES string of the molecule is CC(C=N)c1ncnn1C1CCS(=O)(=O)C1. The van der Waals surface area contributed by atoms with Crippen molar-refractivity contribution in [1.82, 2.24) is 14.8 Å². The van der Waals surface area contributed by atoms with Gasteiger partial charge in [-0.15, -0.1) is 0 Å². The number of nitrogens with one attached hydrogen (secondary N) is 1. The van der Waals surface area contributed by atoms with Crippen LogP contribution >= 0.6 is 0 Å². The van der Waals surface area contributed by atoms with Crippen molar-refractivity contribution < 1.29 is 8.42 Å². The van der Waals surface area contributed by atoms with Crippen molar-refractivity contribution in [3.63, 3.8) is 0 Å². The van der Waals surface area contributed by atoms with Crippen molar-refractivity contribution >= 4 is 16.1 Å². The summed E-state index contributed by atoms with van der Waals surface area (Å²) in [6, 6.07) is -0.120. The van der Waals surface area contributed by atoms with Crippen LogP contribution in [-0.2, 0) is 9.84 Å². The minimum atomic E-state index is -2.92. The number of hydrogen-bond acceptors (Lipinski definition) is 5. The lowest BCUT2D eigenvalue weighted by Crippen LogP contribution is -2.17. The highest BCUT2D eigenvalue weighted by Crippen LogP contribution is 2.25. The molecule has 2 heterocycles. The molecule has 1 fully saturated rings. The van der Waals surface area contributed by atoms with Crippen LogP contribution in [0.2, 0.25) is 0 Å². The Bertz CT molecular complexity index is 493. The first-order valence-corrected chi connectivity index (χ1v) is 6.96. The van der Waals surface area contributed by atoms with E-state index in [9.17, 15) is 8.42 Å². The minimum Gasteiger partial charge on any atom is -0.312 e. The molecule has 16 heavy (non-hydrogen) atoms. The molecule has 1 aromatic heterocycles. The maximum Gasteiger partial charge on any atom is 0.152 e. The van der Waals surface area contributed by atoms with Gasteiger partial charge in [0.05, 0.1) is 23.5 Å². The molecule has 2 atom stereocenters. The van der Waals surface area contributed by atoms with Gasteiger partial charge in [-0.25, -0.2) is 18.1 Å². The second kappa shape index (κ2) is 3.97. The summed E-state index contributed by atoms with van der Waals surface area (Å²) in [5.41, 5.74) is 0. The summed E-state index contributed by atoms with van der Waals surface area (Å²) in [6.45, 7) is 1.84. The summed E-state index contributed by atoms with van der Waals surface area (Å²) < 4.78 is 24.4. The van der Waals surface area contributed by atoms with Crippen molar-refractivity contribution in [1.29, 1.82) is 5.41 Å². The molecule has 1 N–H and O–H groups in total. The van der Waals surface area contributed by atoms with Crippen LogP contribution in [0.3, 0.4) is 0 Å². The molecule has 7 heteroatoms. The molecule has 88 valence electrons. The smallest absolute Gasteiger partial charge is 0.152 e. The van der Waals surface area contributed by atoms with E-state index in [2.05, 4.69) is 10.1 Å². The van der Waals surface area contributed by atoms with Crippen LogP contribution < -0.4 is 0 Å². The highest BCUT2D eigenvalue weighted by atomic mass is 32.2. The van der Waals surface area contributed by atoms with Gasteiger partial charge in [0.15, 0.2) is 9.84 Å². The predicted molar refractivity (Wildman–Crippen MR) is 59.5 cm³/mol. The number of sulfone groups is 1. The molecule has 6 nitrogen and oxygen atoms in total. The van der Waals surface area contributed by atoms with Gasteiger partial charge in [-0.05, 0) is 6.42 Å². The average molecular weight is 242 g/mol. The standard InChI is InChI=1S/C9H14N4O2S/c1-7(4-10)9-11-6-12-13(9)8-2-3-16(14,15)5-8/h4,6-8,10H,2-3,5H2,1H3. The first kappa shape index (κ1) is 11.3. The van der Waals surface area contributed by atoms with Gasteiger partial charge >= 0.3 is 0 Å². The van der Waals surface area contributed by atoms with Crippen LogP contribution in [0, 0.1) is 5.41 Å². The molecule has 0 radical (unpaired) electrons. The van der Waals surface area contributed by atoms with Gasteiger partial charge in [0, 0.05) is 6.21 Å². The monoisotopic (exact) mass is 242 g/mol. The Hall–Kier alpha value is -1.24. The third-order valence-electron chi connectivity index (χ3n) is 2.81.